The third-order valence-corrected chi connectivity index (χ3v) is 20.1. The van der Waals surface area contributed by atoms with Gasteiger partial charge in [0.15, 0.2) is 18.3 Å². The van der Waals surface area contributed by atoms with E-state index in [9.17, 15) is 53.1 Å². The minimum Gasteiger partial charge on any atom is -0.467 e. The third kappa shape index (κ3) is 21.8. The van der Waals surface area contributed by atoms with Crippen molar-refractivity contribution in [2.24, 2.45) is 23.7 Å². The van der Waals surface area contributed by atoms with E-state index in [1.165, 1.54) is 44.4 Å². The second kappa shape index (κ2) is 39.9. The molecule has 15 atom stereocenters. The molecule has 1 aliphatic carbocycles. The van der Waals surface area contributed by atoms with Crippen molar-refractivity contribution < 1.29 is 105 Å². The zero-order valence-corrected chi connectivity index (χ0v) is 64.6. The molecule has 4 aromatic rings. The van der Waals surface area contributed by atoms with Gasteiger partial charge >= 0.3 is 36.1 Å². The molecule has 29 nitrogen and oxygen atoms in total. The summed E-state index contributed by atoms with van der Waals surface area (Å²) in [5.41, 5.74) is 5.27. The molecule has 2 aliphatic heterocycles. The number of ether oxygens (including phenoxy) is 10. The number of amides is 7. The molecule has 2 saturated heterocycles. The second-order valence-electron chi connectivity index (χ2n) is 28.3. The first kappa shape index (κ1) is 85.5. The number of aliphatic hydroxyl groups is 1. The normalized spacial score (nSPS) is 19.9. The smallest absolute Gasteiger partial charge is 0.410 e. The number of likely N-dealkylation sites (N-methyl/N-ethyl adjacent to an activating group) is 2. The summed E-state index contributed by atoms with van der Waals surface area (Å²) in [6.07, 6.45) is -11.5. The van der Waals surface area contributed by atoms with Crippen molar-refractivity contribution in [3.8, 4) is 16.9 Å². The summed E-state index contributed by atoms with van der Waals surface area (Å²) in [7, 11) is 6.99. The van der Waals surface area contributed by atoms with Crippen LogP contribution < -0.4 is 26.0 Å². The fourth-order valence-electron chi connectivity index (χ4n) is 14.4. The molecule has 4 aromatic carbocycles. The summed E-state index contributed by atoms with van der Waals surface area (Å²) in [5.74, 6) is -8.45. The highest BCUT2D eigenvalue weighted by Crippen LogP contribution is 2.45. The molecule has 2 fully saturated rings. The van der Waals surface area contributed by atoms with Crippen molar-refractivity contribution in [2.75, 3.05) is 55.1 Å². The highest BCUT2D eigenvalue weighted by atomic mass is 16.7. The molecule has 0 radical (unpaired) electrons. The number of carbonyl (C=O) groups is 11. The molecule has 0 unspecified atom stereocenters. The van der Waals surface area contributed by atoms with Gasteiger partial charge in [-0.1, -0.05) is 140 Å². The number of nitrogens with one attached hydrogen (secondary N) is 4. The van der Waals surface area contributed by atoms with Gasteiger partial charge in [-0.05, 0) is 83.0 Å². The summed E-state index contributed by atoms with van der Waals surface area (Å²) < 4.78 is 57.6. The Morgan fingerprint density at radius 1 is 0.685 bits per heavy atom. The van der Waals surface area contributed by atoms with E-state index >= 15 is 4.79 Å². The molecule has 7 rings (SSSR count). The van der Waals surface area contributed by atoms with Gasteiger partial charge in [0, 0.05) is 86.6 Å². The summed E-state index contributed by atoms with van der Waals surface area (Å²) >= 11 is 0. The first-order valence-corrected chi connectivity index (χ1v) is 36.6. The molecule has 108 heavy (non-hydrogen) atoms. The largest absolute Gasteiger partial charge is 0.467 e. The van der Waals surface area contributed by atoms with E-state index in [4.69, 9.17) is 47.4 Å². The van der Waals surface area contributed by atoms with Crippen LogP contribution in [0.2, 0.25) is 0 Å². The lowest BCUT2D eigenvalue weighted by Crippen LogP contribution is -2.64. The van der Waals surface area contributed by atoms with Gasteiger partial charge in [0.05, 0.1) is 55.9 Å². The number of aliphatic hydroxyl groups excluding tert-OH is 1. The van der Waals surface area contributed by atoms with Crippen molar-refractivity contribution in [2.45, 2.75) is 207 Å². The Kier molecular flexibility index (Phi) is 31.6. The van der Waals surface area contributed by atoms with Crippen LogP contribution in [-0.4, -0.2) is 214 Å². The second-order valence-corrected chi connectivity index (χ2v) is 28.3. The lowest BCUT2D eigenvalue weighted by Gasteiger charge is -2.43. The van der Waals surface area contributed by atoms with Crippen LogP contribution in [0.3, 0.4) is 0 Å². The van der Waals surface area contributed by atoms with Crippen molar-refractivity contribution in [3.63, 3.8) is 0 Å². The number of fused-ring (bicyclic) bond motifs is 3. The van der Waals surface area contributed by atoms with Crippen LogP contribution in [0, 0.1) is 23.7 Å². The zero-order valence-electron chi connectivity index (χ0n) is 64.6. The van der Waals surface area contributed by atoms with E-state index in [2.05, 4.69) is 21.3 Å². The standard InChI is InChI=1S/C79H107N7O22/c1-17-45(6)66(61(99-14)39-63(91)86-37-25-32-59(86)68(100-15)46(7)73(93)82-47(8)67(92)52-26-19-18-20-27-52)84(12)75(95)64(43(2)3)83-74(94)65(44(4)5)85(13)79(98)103-41-51-33-34-60(107-77-72(106-50(11)89)70(105-49(10)88)69(104-48(9)87)71(108-77)76(96)101-16)53(38-51)40-81-62(90)35-36-80-78(97)102-42-58-56-30-23-21-28-54(56)55-29-22-24-31-57(55)58/h18-24,26-31,33-34,38,43-47,58-59,61,64-72,77,92H,17,25,32,35-37,39-42H2,1-16H3,(H,80,97)(H,81,90)(H,82,93)(H,83,94)/t45-,46+,47+,59-,61+,64-,65-,66-,67+,68+,69-,70-,71-,72+,77+/m0/s1. The molecule has 0 saturated carbocycles. The van der Waals surface area contributed by atoms with Gasteiger partial charge in [-0.2, -0.15) is 0 Å². The Labute approximate surface area is 631 Å². The van der Waals surface area contributed by atoms with E-state index < -0.39 is 157 Å². The number of alkyl carbamates (subject to hydrolysis) is 1. The highest BCUT2D eigenvalue weighted by Gasteiger charge is 2.56. The summed E-state index contributed by atoms with van der Waals surface area (Å²) in [5, 5.41) is 22.3. The number of hydrogen-bond acceptors (Lipinski definition) is 22. The SMILES string of the molecule is CC[C@H](C)[C@@H]([C@@H](CC(=O)N1CCC[C@H]1[C@H](OC)[C@@H](C)C(=O)N[C@H](C)[C@@H](O)c1ccccc1)OC)N(C)C(=O)[C@@H](NC(=O)[C@H](C(C)C)N(C)C(=O)OCc1ccc(O[C@@H]2O[C@H](C(=O)OC)[C@@H](OC(C)=O)[C@H](OC(C)=O)[C@H]2OC(C)=O)c(CNC(=O)CCNC(=O)OCC2c3ccccc3-c3ccccc32)c1)C(C)C. The van der Waals surface area contributed by atoms with Gasteiger partial charge in [0.1, 0.15) is 31.0 Å². The third-order valence-electron chi connectivity index (χ3n) is 20.1. The fourth-order valence-corrected chi connectivity index (χ4v) is 14.4. The van der Waals surface area contributed by atoms with Gasteiger partial charge in [-0.15, -0.1) is 0 Å². The van der Waals surface area contributed by atoms with Crippen LogP contribution in [-0.2, 0) is 98.9 Å². The maximum atomic E-state index is 15.0. The van der Waals surface area contributed by atoms with Crippen LogP contribution in [0.25, 0.3) is 11.1 Å². The first-order valence-electron chi connectivity index (χ1n) is 36.6. The molecule has 0 bridgehead atoms. The quantitative estimate of drug-likeness (QED) is 0.0224. The number of nitrogens with zero attached hydrogens (tertiary/aromatic N) is 3. The van der Waals surface area contributed by atoms with Crippen LogP contribution in [0.15, 0.2) is 97.1 Å². The molecule has 3 aliphatic rings. The van der Waals surface area contributed by atoms with E-state index in [1.807, 2.05) is 68.4 Å². The molecule has 5 N–H and O–H groups in total. The highest BCUT2D eigenvalue weighted by molar-refractivity contribution is 5.92. The van der Waals surface area contributed by atoms with Gasteiger partial charge in [0.25, 0.3) is 0 Å². The number of carbonyl (C=O) groups excluding carboxylic acids is 11. The summed E-state index contributed by atoms with van der Waals surface area (Å²) in [4.78, 5) is 155. The minimum absolute atomic E-state index is 0.0401. The Bertz CT molecular complexity index is 3740. The number of hydrogen-bond donors (Lipinski definition) is 5. The van der Waals surface area contributed by atoms with E-state index in [-0.39, 0.29) is 67.5 Å². The monoisotopic (exact) mass is 1510 g/mol. The summed E-state index contributed by atoms with van der Waals surface area (Å²) in [6, 6.07) is 25.0. The zero-order chi connectivity index (χ0) is 79.4. The lowest BCUT2D eigenvalue weighted by molar-refractivity contribution is -0.282. The number of likely N-dealkylation sites (tertiary alicyclic amines) is 1. The first-order chi connectivity index (χ1) is 51.3. The molecule has 29 heteroatoms. The van der Waals surface area contributed by atoms with Crippen molar-refractivity contribution in [3.05, 3.63) is 125 Å². The van der Waals surface area contributed by atoms with Crippen LogP contribution in [0.4, 0.5) is 9.59 Å². The number of rotatable bonds is 35. The maximum Gasteiger partial charge on any atom is 0.410 e. The molecule has 590 valence electrons. The Morgan fingerprint density at radius 3 is 1.88 bits per heavy atom. The van der Waals surface area contributed by atoms with E-state index in [0.29, 0.717) is 36.9 Å². The molecule has 0 aromatic heterocycles. The van der Waals surface area contributed by atoms with Crippen molar-refractivity contribution in [1.29, 1.82) is 0 Å². The Balaban J connectivity index is 1.04. The Morgan fingerprint density at radius 2 is 1.30 bits per heavy atom. The predicted octanol–water partition coefficient (Wildman–Crippen LogP) is 7.20. The Hall–Kier alpha value is -9.71. The number of esters is 4. The molecule has 2 heterocycles. The minimum atomic E-state index is -1.82. The lowest BCUT2D eigenvalue weighted by atomic mass is 9.89. The van der Waals surface area contributed by atoms with Crippen molar-refractivity contribution >= 4 is 65.6 Å². The molecular formula is C79H107N7O22. The predicted molar refractivity (Wildman–Crippen MR) is 392 cm³/mol. The van der Waals surface area contributed by atoms with Gasteiger partial charge in [-0.25, -0.2) is 14.4 Å². The topological polar surface area (TPSA) is 358 Å². The van der Waals surface area contributed by atoms with Gasteiger partial charge in [0.2, 0.25) is 41.9 Å². The number of benzene rings is 4. The average molecular weight is 1510 g/mol. The molecule has 0 spiro atoms. The number of methoxy groups -OCH3 is 3. The van der Waals surface area contributed by atoms with Crippen molar-refractivity contribution in [1.82, 2.24) is 36.0 Å². The van der Waals surface area contributed by atoms with E-state index in [0.717, 1.165) is 55.0 Å². The molecule has 7 amide bonds. The average Bonchev–Trinajstić information content (AvgIpc) is 1.42. The van der Waals surface area contributed by atoms with Crippen LogP contribution >= 0.6 is 0 Å². The maximum absolute atomic E-state index is 15.0. The fraction of sp³-hybridized carbons (Fsp3) is 0.557. The molecular weight excluding hydrogens is 1400 g/mol. The van der Waals surface area contributed by atoms with E-state index in [1.54, 1.807) is 77.8 Å². The summed E-state index contributed by atoms with van der Waals surface area (Å²) in [6.45, 7) is 17.0. The van der Waals surface area contributed by atoms with Crippen LogP contribution in [0.1, 0.15) is 148 Å². The van der Waals surface area contributed by atoms with Gasteiger partial charge in [-0.3, -0.25) is 43.3 Å². The van der Waals surface area contributed by atoms with Crippen LogP contribution in [0.5, 0.6) is 5.75 Å². The van der Waals surface area contributed by atoms with Gasteiger partial charge < -0.3 is 83.5 Å².